The van der Waals surface area contributed by atoms with E-state index in [4.69, 9.17) is 9.47 Å². The zero-order valence-electron chi connectivity index (χ0n) is 18.7. The number of nitrogens with zero attached hydrogens (tertiary/aromatic N) is 2. The maximum Gasteiger partial charge on any atom is 0.119 e. The minimum atomic E-state index is -0.484. The first kappa shape index (κ1) is 23.3. The molecule has 2 aliphatic rings. The lowest BCUT2D eigenvalue weighted by Crippen LogP contribution is -2.40. The summed E-state index contributed by atoms with van der Waals surface area (Å²) in [6.07, 6.45) is 3.87. The van der Waals surface area contributed by atoms with Gasteiger partial charge in [-0.2, -0.15) is 0 Å². The van der Waals surface area contributed by atoms with Gasteiger partial charge in [0.25, 0.3) is 0 Å². The Labute approximate surface area is 181 Å². The van der Waals surface area contributed by atoms with E-state index in [1.165, 1.54) is 25.7 Å². The molecular weight excluding hydrogens is 380 g/mol. The van der Waals surface area contributed by atoms with Crippen molar-refractivity contribution in [3.05, 3.63) is 24.3 Å². The predicted octanol–water partition coefficient (Wildman–Crippen LogP) is 2.63. The number of aliphatic hydroxyl groups is 2. The van der Waals surface area contributed by atoms with Gasteiger partial charge in [-0.1, -0.05) is 13.8 Å². The summed E-state index contributed by atoms with van der Waals surface area (Å²) in [5.74, 6) is 3.03. The van der Waals surface area contributed by atoms with Crippen molar-refractivity contribution < 1.29 is 19.7 Å². The number of likely N-dealkylation sites (tertiary alicyclic amines) is 2. The fourth-order valence-corrected chi connectivity index (χ4v) is 4.21. The molecule has 0 saturated carbocycles. The molecule has 6 nitrogen and oxygen atoms in total. The van der Waals surface area contributed by atoms with Crippen LogP contribution in [0.1, 0.15) is 39.5 Å². The van der Waals surface area contributed by atoms with Crippen molar-refractivity contribution in [2.24, 2.45) is 11.8 Å². The van der Waals surface area contributed by atoms with Crippen molar-refractivity contribution in [1.29, 1.82) is 0 Å². The van der Waals surface area contributed by atoms with Crippen LogP contribution in [0, 0.1) is 11.8 Å². The highest BCUT2D eigenvalue weighted by Crippen LogP contribution is 2.20. The van der Waals surface area contributed by atoms with Gasteiger partial charge in [0.1, 0.15) is 36.9 Å². The van der Waals surface area contributed by atoms with Gasteiger partial charge in [0.15, 0.2) is 0 Å². The molecule has 2 heterocycles. The minimum absolute atomic E-state index is 0.291. The summed E-state index contributed by atoms with van der Waals surface area (Å²) in [7, 11) is 0. The zero-order chi connectivity index (χ0) is 21.3. The van der Waals surface area contributed by atoms with Crippen LogP contribution in [-0.2, 0) is 0 Å². The van der Waals surface area contributed by atoms with Crippen LogP contribution in [0.4, 0.5) is 0 Å². The molecule has 0 radical (unpaired) electrons. The highest BCUT2D eigenvalue weighted by atomic mass is 16.5. The lowest BCUT2D eigenvalue weighted by atomic mass is 9.99. The van der Waals surface area contributed by atoms with E-state index < -0.39 is 12.2 Å². The Morgan fingerprint density at radius 3 is 1.40 bits per heavy atom. The number of ether oxygens (including phenoxy) is 2. The molecule has 0 aliphatic carbocycles. The largest absolute Gasteiger partial charge is 0.491 e. The van der Waals surface area contributed by atoms with Crippen LogP contribution in [0.2, 0.25) is 0 Å². The van der Waals surface area contributed by atoms with Crippen LogP contribution >= 0.6 is 0 Å². The zero-order valence-corrected chi connectivity index (χ0v) is 18.7. The number of piperidine rings is 2. The van der Waals surface area contributed by atoms with Crippen LogP contribution in [-0.4, -0.2) is 84.7 Å². The number of hydrogen-bond acceptors (Lipinski definition) is 6. The quantitative estimate of drug-likeness (QED) is 0.607. The van der Waals surface area contributed by atoms with Crippen LogP contribution in [0.3, 0.4) is 0 Å². The lowest BCUT2D eigenvalue weighted by Gasteiger charge is -2.31. The second kappa shape index (κ2) is 11.9. The molecule has 0 bridgehead atoms. The number of hydrogen-bond donors (Lipinski definition) is 2. The average molecular weight is 421 g/mol. The van der Waals surface area contributed by atoms with Crippen molar-refractivity contribution in [2.45, 2.75) is 51.7 Å². The van der Waals surface area contributed by atoms with Gasteiger partial charge in [-0.15, -0.1) is 0 Å². The number of β-amino-alcohol motifs (C(OH)–C–C–N with tert-alkyl or cyclic N) is 2. The summed E-state index contributed by atoms with van der Waals surface area (Å²) < 4.78 is 11.5. The monoisotopic (exact) mass is 420 g/mol. The SMILES string of the molecule is CC1CCN(C[C@H](O)COc2ccc(OC[C@@H](O)CN3CCC(C)CC3)cc2)CC1. The minimum Gasteiger partial charge on any atom is -0.491 e. The molecule has 1 aromatic carbocycles. The molecule has 6 heteroatoms. The normalized spacial score (nSPS) is 22.0. The van der Waals surface area contributed by atoms with E-state index in [2.05, 4.69) is 23.6 Å². The van der Waals surface area contributed by atoms with E-state index in [1.54, 1.807) is 0 Å². The van der Waals surface area contributed by atoms with E-state index in [0.717, 1.165) is 49.5 Å². The van der Waals surface area contributed by atoms with Crippen LogP contribution in [0.5, 0.6) is 11.5 Å². The predicted molar refractivity (Wildman–Crippen MR) is 119 cm³/mol. The molecule has 30 heavy (non-hydrogen) atoms. The molecule has 1 aromatic rings. The molecule has 2 aliphatic heterocycles. The first-order chi connectivity index (χ1) is 14.5. The average Bonchev–Trinajstić information content (AvgIpc) is 2.75. The molecule has 2 saturated heterocycles. The van der Waals surface area contributed by atoms with Gasteiger partial charge in [0.05, 0.1) is 0 Å². The molecule has 0 spiro atoms. The summed E-state index contributed by atoms with van der Waals surface area (Å²) >= 11 is 0. The van der Waals surface area contributed by atoms with Crippen LogP contribution < -0.4 is 9.47 Å². The summed E-state index contributed by atoms with van der Waals surface area (Å²) in [6.45, 7) is 10.8. The molecular formula is C24H40N2O4. The van der Waals surface area contributed by atoms with E-state index in [9.17, 15) is 10.2 Å². The molecule has 2 fully saturated rings. The Hall–Kier alpha value is -1.34. The van der Waals surface area contributed by atoms with Crippen molar-refractivity contribution >= 4 is 0 Å². The highest BCUT2D eigenvalue weighted by molar-refractivity contribution is 5.31. The fraction of sp³-hybridized carbons (Fsp3) is 0.750. The first-order valence-electron chi connectivity index (χ1n) is 11.6. The topological polar surface area (TPSA) is 65.4 Å². The third kappa shape index (κ3) is 8.06. The second-order valence-electron chi connectivity index (χ2n) is 9.37. The van der Waals surface area contributed by atoms with Gasteiger partial charge in [-0.25, -0.2) is 0 Å². The molecule has 2 N–H and O–H groups in total. The van der Waals surface area contributed by atoms with Crippen molar-refractivity contribution in [2.75, 3.05) is 52.5 Å². The van der Waals surface area contributed by atoms with Gasteiger partial charge >= 0.3 is 0 Å². The lowest BCUT2D eigenvalue weighted by molar-refractivity contribution is 0.0552. The molecule has 0 unspecified atom stereocenters. The van der Waals surface area contributed by atoms with E-state index >= 15 is 0 Å². The maximum atomic E-state index is 10.3. The molecule has 3 rings (SSSR count). The van der Waals surface area contributed by atoms with E-state index in [-0.39, 0.29) is 0 Å². The van der Waals surface area contributed by atoms with Gasteiger partial charge in [0, 0.05) is 13.1 Å². The summed E-state index contributed by atoms with van der Waals surface area (Å²) in [5.41, 5.74) is 0. The van der Waals surface area contributed by atoms with Gasteiger partial charge in [-0.3, -0.25) is 0 Å². The summed E-state index contributed by atoms with van der Waals surface area (Å²) in [5, 5.41) is 20.5. The Bertz CT molecular complexity index is 543. The summed E-state index contributed by atoms with van der Waals surface area (Å²) in [4.78, 5) is 4.64. The Balaban J connectivity index is 1.31. The molecule has 0 amide bonds. The second-order valence-corrected chi connectivity index (χ2v) is 9.37. The smallest absolute Gasteiger partial charge is 0.119 e. The third-order valence-corrected chi connectivity index (χ3v) is 6.40. The number of rotatable bonds is 10. The third-order valence-electron chi connectivity index (χ3n) is 6.40. The Kier molecular flexibility index (Phi) is 9.25. The highest BCUT2D eigenvalue weighted by Gasteiger charge is 2.19. The number of benzene rings is 1. The Morgan fingerprint density at radius 2 is 1.07 bits per heavy atom. The van der Waals surface area contributed by atoms with Gasteiger partial charge in [0.2, 0.25) is 0 Å². The van der Waals surface area contributed by atoms with Crippen LogP contribution in [0.25, 0.3) is 0 Å². The van der Waals surface area contributed by atoms with Crippen molar-refractivity contribution in [1.82, 2.24) is 9.80 Å². The van der Waals surface area contributed by atoms with Gasteiger partial charge in [-0.05, 0) is 88.0 Å². The van der Waals surface area contributed by atoms with Crippen molar-refractivity contribution in [3.63, 3.8) is 0 Å². The van der Waals surface area contributed by atoms with Crippen LogP contribution in [0.15, 0.2) is 24.3 Å². The number of aliphatic hydroxyl groups excluding tert-OH is 2. The van der Waals surface area contributed by atoms with Crippen molar-refractivity contribution in [3.8, 4) is 11.5 Å². The van der Waals surface area contributed by atoms with Gasteiger partial charge < -0.3 is 29.5 Å². The molecule has 170 valence electrons. The van der Waals surface area contributed by atoms with E-state index in [0.29, 0.717) is 26.3 Å². The standard InChI is InChI=1S/C24H40N2O4/c1-19-7-11-25(12-8-19)15-21(27)17-29-23-3-5-24(6-4-23)30-18-22(28)16-26-13-9-20(2)10-14-26/h3-6,19-22,27-28H,7-18H2,1-2H3/t21-,22-/m0/s1. The summed E-state index contributed by atoms with van der Waals surface area (Å²) in [6, 6.07) is 7.40. The van der Waals surface area contributed by atoms with E-state index in [1.807, 2.05) is 24.3 Å². The molecule has 0 aromatic heterocycles. The fourth-order valence-electron chi connectivity index (χ4n) is 4.21. The molecule has 2 atom stereocenters. The maximum absolute atomic E-state index is 10.3. The Morgan fingerprint density at radius 1 is 0.733 bits per heavy atom. The first-order valence-corrected chi connectivity index (χ1v) is 11.6.